The maximum Gasteiger partial charge on any atom is 0.306 e. The van der Waals surface area contributed by atoms with E-state index >= 15 is 0 Å². The zero-order valence-electron chi connectivity index (χ0n) is 7.63. The Hall–Kier alpha value is -1.09. The quantitative estimate of drug-likeness (QED) is 0.844. The largest absolute Gasteiger partial charge is 0.481 e. The van der Waals surface area contributed by atoms with Gasteiger partial charge in [0.2, 0.25) is 0 Å². The van der Waals surface area contributed by atoms with Crippen molar-refractivity contribution in [3.8, 4) is 0 Å². The van der Waals surface area contributed by atoms with Crippen LogP contribution < -0.4 is 0 Å². The van der Waals surface area contributed by atoms with Gasteiger partial charge in [-0.05, 0) is 13.0 Å². The second-order valence-electron chi connectivity index (χ2n) is 3.25. The maximum absolute atomic E-state index is 13.9. The highest BCUT2D eigenvalue weighted by Gasteiger charge is 2.30. The van der Waals surface area contributed by atoms with Crippen LogP contribution in [0.4, 0.5) is 4.39 Å². The molecule has 0 radical (unpaired) electrons. The molecular weight excluding hydrogens is 207 g/mol. The van der Waals surface area contributed by atoms with Gasteiger partial charge in [0.25, 0.3) is 0 Å². The Labute approximate surface area is 86.3 Å². The minimum atomic E-state index is -1.93. The predicted molar refractivity (Wildman–Crippen MR) is 52.2 cm³/mol. The Morgan fingerprint density at radius 2 is 2.14 bits per heavy atom. The molecule has 2 nitrogen and oxygen atoms in total. The highest BCUT2D eigenvalue weighted by Crippen LogP contribution is 2.33. The second-order valence-corrected chi connectivity index (χ2v) is 3.65. The normalized spacial score (nSPS) is 14.8. The summed E-state index contributed by atoms with van der Waals surface area (Å²) in [7, 11) is 0. The fraction of sp³-hybridized carbons (Fsp3) is 0.300. The molecule has 0 saturated carbocycles. The highest BCUT2D eigenvalue weighted by atomic mass is 35.5. The Kier molecular flexibility index (Phi) is 3.11. The van der Waals surface area contributed by atoms with E-state index < -0.39 is 18.1 Å². The van der Waals surface area contributed by atoms with Crippen molar-refractivity contribution in [1.29, 1.82) is 0 Å². The molecule has 0 aliphatic heterocycles. The van der Waals surface area contributed by atoms with E-state index in [9.17, 15) is 9.18 Å². The van der Waals surface area contributed by atoms with Gasteiger partial charge < -0.3 is 5.11 Å². The van der Waals surface area contributed by atoms with Crippen molar-refractivity contribution in [3.63, 3.8) is 0 Å². The summed E-state index contributed by atoms with van der Waals surface area (Å²) in [6.07, 6.45) is -0.587. The molecule has 0 heterocycles. The van der Waals surface area contributed by atoms with Gasteiger partial charge in [0.05, 0.1) is 6.42 Å². The van der Waals surface area contributed by atoms with Crippen molar-refractivity contribution < 1.29 is 14.3 Å². The maximum atomic E-state index is 13.9. The van der Waals surface area contributed by atoms with Crippen LogP contribution in [0.2, 0.25) is 5.02 Å². The minimum absolute atomic E-state index is 0.212. The van der Waals surface area contributed by atoms with Gasteiger partial charge in [-0.1, -0.05) is 29.8 Å². The molecule has 1 aromatic carbocycles. The highest BCUT2D eigenvalue weighted by molar-refractivity contribution is 6.31. The van der Waals surface area contributed by atoms with Gasteiger partial charge in [-0.2, -0.15) is 0 Å². The first-order chi connectivity index (χ1) is 6.43. The molecule has 1 aromatic rings. The lowest BCUT2D eigenvalue weighted by Gasteiger charge is -2.19. The lowest BCUT2D eigenvalue weighted by molar-refractivity contribution is -0.140. The molecule has 0 amide bonds. The van der Waals surface area contributed by atoms with Gasteiger partial charge in [-0.3, -0.25) is 4.79 Å². The Morgan fingerprint density at radius 1 is 1.57 bits per heavy atom. The number of alkyl halides is 1. The average molecular weight is 217 g/mol. The van der Waals surface area contributed by atoms with E-state index in [1.807, 2.05) is 0 Å². The summed E-state index contributed by atoms with van der Waals surface area (Å²) in [5, 5.41) is 8.77. The number of rotatable bonds is 3. The zero-order valence-corrected chi connectivity index (χ0v) is 8.38. The third-order valence-electron chi connectivity index (χ3n) is 1.92. The molecule has 0 aliphatic rings. The van der Waals surface area contributed by atoms with Gasteiger partial charge in [-0.25, -0.2) is 4.39 Å². The molecule has 4 heteroatoms. The van der Waals surface area contributed by atoms with Crippen LogP contribution in [0.3, 0.4) is 0 Å². The number of aliphatic carboxylic acids is 1. The summed E-state index contributed by atoms with van der Waals surface area (Å²) < 4.78 is 13.9. The zero-order chi connectivity index (χ0) is 10.8. The first kappa shape index (κ1) is 11.0. The number of carboxylic acid groups (broad SMARTS) is 1. The summed E-state index contributed by atoms with van der Waals surface area (Å²) >= 11 is 5.76. The van der Waals surface area contributed by atoms with Crippen LogP contribution in [0.5, 0.6) is 0 Å². The van der Waals surface area contributed by atoms with Crippen molar-refractivity contribution >= 4 is 17.6 Å². The van der Waals surface area contributed by atoms with Crippen LogP contribution >= 0.6 is 11.6 Å². The Bertz CT molecular complexity index is 350. The van der Waals surface area contributed by atoms with Crippen LogP contribution in [-0.4, -0.2) is 11.1 Å². The van der Waals surface area contributed by atoms with E-state index in [4.69, 9.17) is 16.7 Å². The van der Waals surface area contributed by atoms with Gasteiger partial charge in [0.15, 0.2) is 0 Å². The number of benzene rings is 1. The van der Waals surface area contributed by atoms with Crippen LogP contribution in [0, 0.1) is 0 Å². The average Bonchev–Trinajstić information content (AvgIpc) is 2.02. The minimum Gasteiger partial charge on any atom is -0.481 e. The van der Waals surface area contributed by atoms with Crippen molar-refractivity contribution in [2.75, 3.05) is 0 Å². The molecule has 0 bridgehead atoms. The van der Waals surface area contributed by atoms with Crippen LogP contribution in [0.15, 0.2) is 24.3 Å². The monoisotopic (exact) mass is 216 g/mol. The summed E-state index contributed by atoms with van der Waals surface area (Å²) in [5.41, 5.74) is -1.71. The standard InChI is InChI=1S/C10H10ClFO2/c1-10(12,6-9(13)14)7-4-2-3-5-8(7)11/h2-5H,6H2,1H3,(H,13,14). The Balaban J connectivity index is 3.03. The van der Waals surface area contributed by atoms with Crippen molar-refractivity contribution in [2.45, 2.75) is 19.0 Å². The van der Waals surface area contributed by atoms with Crippen LogP contribution in [0.1, 0.15) is 18.9 Å². The number of hydrogen-bond acceptors (Lipinski definition) is 1. The third kappa shape index (κ3) is 2.45. The summed E-state index contributed by atoms with van der Waals surface area (Å²) in [4.78, 5) is 10.4. The van der Waals surface area contributed by atoms with Crippen LogP contribution in [0.25, 0.3) is 0 Å². The molecule has 0 aromatic heterocycles. The SMILES string of the molecule is CC(F)(CC(=O)O)c1ccccc1Cl. The number of carbonyl (C=O) groups is 1. The molecule has 1 atom stereocenters. The molecule has 0 aliphatic carbocycles. The molecule has 1 unspecified atom stereocenters. The van der Waals surface area contributed by atoms with E-state index in [1.165, 1.54) is 19.1 Å². The first-order valence-electron chi connectivity index (χ1n) is 4.09. The summed E-state index contributed by atoms with van der Waals surface area (Å²) in [6, 6.07) is 6.32. The predicted octanol–water partition coefficient (Wildman–Crippen LogP) is 3.00. The van der Waals surface area contributed by atoms with Crippen LogP contribution in [-0.2, 0) is 10.5 Å². The number of carboxylic acids is 1. The molecule has 0 fully saturated rings. The molecule has 1 N–H and O–H groups in total. The van der Waals surface area contributed by atoms with Crippen molar-refractivity contribution in [3.05, 3.63) is 34.9 Å². The van der Waals surface area contributed by atoms with Gasteiger partial charge in [-0.15, -0.1) is 0 Å². The molecule has 76 valence electrons. The first-order valence-corrected chi connectivity index (χ1v) is 4.47. The van der Waals surface area contributed by atoms with Crippen molar-refractivity contribution in [2.24, 2.45) is 0 Å². The van der Waals surface area contributed by atoms with E-state index in [1.54, 1.807) is 12.1 Å². The van der Waals surface area contributed by atoms with E-state index in [0.717, 1.165) is 0 Å². The van der Waals surface area contributed by atoms with Crippen molar-refractivity contribution in [1.82, 2.24) is 0 Å². The summed E-state index contributed by atoms with van der Waals surface area (Å²) in [5.74, 6) is -1.19. The van der Waals surface area contributed by atoms with Gasteiger partial charge in [0.1, 0.15) is 5.67 Å². The van der Waals surface area contributed by atoms with Gasteiger partial charge in [0, 0.05) is 10.6 Å². The van der Waals surface area contributed by atoms with E-state index in [-0.39, 0.29) is 10.6 Å². The fourth-order valence-corrected chi connectivity index (χ4v) is 1.60. The summed E-state index contributed by atoms with van der Waals surface area (Å²) in [6.45, 7) is 1.21. The molecule has 0 saturated heterocycles. The molecular formula is C10H10ClFO2. The number of halogens is 2. The fourth-order valence-electron chi connectivity index (χ4n) is 1.26. The molecule has 0 spiro atoms. The third-order valence-corrected chi connectivity index (χ3v) is 2.25. The smallest absolute Gasteiger partial charge is 0.306 e. The van der Waals surface area contributed by atoms with E-state index in [2.05, 4.69) is 0 Å². The van der Waals surface area contributed by atoms with Gasteiger partial charge >= 0.3 is 5.97 Å². The lowest BCUT2D eigenvalue weighted by atomic mass is 9.94. The molecule has 14 heavy (non-hydrogen) atoms. The second kappa shape index (κ2) is 3.96. The number of hydrogen-bond donors (Lipinski definition) is 1. The van der Waals surface area contributed by atoms with E-state index in [0.29, 0.717) is 0 Å². The lowest BCUT2D eigenvalue weighted by Crippen LogP contribution is -2.20. The molecule has 1 rings (SSSR count). The Morgan fingerprint density at radius 3 is 2.64 bits per heavy atom. The topological polar surface area (TPSA) is 37.3 Å².